The number of halogens is 1. The van der Waals surface area contributed by atoms with Crippen LogP contribution in [0.5, 0.6) is 0 Å². The van der Waals surface area contributed by atoms with Crippen LogP contribution in [0.25, 0.3) is 11.4 Å². The van der Waals surface area contributed by atoms with Crippen molar-refractivity contribution < 1.29 is 4.39 Å². The lowest BCUT2D eigenvalue weighted by molar-refractivity contribution is 0.613. The quantitative estimate of drug-likeness (QED) is 0.774. The van der Waals surface area contributed by atoms with Crippen LogP contribution >= 0.6 is 0 Å². The van der Waals surface area contributed by atoms with Crippen LogP contribution in [0, 0.1) is 12.7 Å². The Kier molecular flexibility index (Phi) is 4.37. The van der Waals surface area contributed by atoms with Crippen LogP contribution in [-0.2, 0) is 13.1 Å². The number of anilines is 1. The van der Waals surface area contributed by atoms with Gasteiger partial charge in [0, 0.05) is 18.7 Å². The molecule has 3 rings (SSSR count). The molecular formula is C18H19FN4. The van der Waals surface area contributed by atoms with E-state index in [1.807, 2.05) is 35.9 Å². The van der Waals surface area contributed by atoms with Crippen LogP contribution in [0.2, 0.25) is 0 Å². The summed E-state index contributed by atoms with van der Waals surface area (Å²) in [7, 11) is 0. The van der Waals surface area contributed by atoms with Crippen molar-refractivity contribution in [2.45, 2.75) is 26.9 Å². The minimum Gasteiger partial charge on any atom is -0.380 e. The average molecular weight is 310 g/mol. The van der Waals surface area contributed by atoms with Gasteiger partial charge in [-0.25, -0.2) is 4.39 Å². The highest BCUT2D eigenvalue weighted by Crippen LogP contribution is 2.20. The van der Waals surface area contributed by atoms with E-state index in [4.69, 9.17) is 0 Å². The predicted molar refractivity (Wildman–Crippen MR) is 89.6 cm³/mol. The lowest BCUT2D eigenvalue weighted by atomic mass is 10.2. The zero-order valence-corrected chi connectivity index (χ0v) is 13.3. The molecule has 118 valence electrons. The van der Waals surface area contributed by atoms with Crippen molar-refractivity contribution in [2.75, 3.05) is 5.32 Å². The summed E-state index contributed by atoms with van der Waals surface area (Å²) >= 11 is 0. The van der Waals surface area contributed by atoms with Crippen molar-refractivity contribution in [3.63, 3.8) is 0 Å². The molecule has 0 bridgehead atoms. The first-order valence-corrected chi connectivity index (χ1v) is 7.65. The third-order valence-corrected chi connectivity index (χ3v) is 3.67. The maximum atomic E-state index is 13.6. The first-order valence-electron chi connectivity index (χ1n) is 7.65. The number of nitrogens with one attached hydrogen (secondary N) is 1. The van der Waals surface area contributed by atoms with Gasteiger partial charge in [-0.3, -0.25) is 9.67 Å². The van der Waals surface area contributed by atoms with Gasteiger partial charge in [-0.1, -0.05) is 18.2 Å². The van der Waals surface area contributed by atoms with E-state index in [2.05, 4.69) is 22.3 Å². The summed E-state index contributed by atoms with van der Waals surface area (Å²) < 4.78 is 15.5. The van der Waals surface area contributed by atoms with E-state index in [1.165, 1.54) is 6.07 Å². The van der Waals surface area contributed by atoms with Crippen LogP contribution in [-0.4, -0.2) is 14.8 Å². The lowest BCUT2D eigenvalue weighted by Crippen LogP contribution is -2.03. The molecular weight excluding hydrogens is 291 g/mol. The number of aromatic nitrogens is 3. The first-order chi connectivity index (χ1) is 11.2. The number of aryl methyl sites for hydroxylation is 2. The maximum Gasteiger partial charge on any atom is 0.128 e. The Morgan fingerprint density at radius 3 is 2.70 bits per heavy atom. The fraction of sp³-hybridized carbons (Fsp3) is 0.222. The maximum absolute atomic E-state index is 13.6. The van der Waals surface area contributed by atoms with Crippen LogP contribution < -0.4 is 5.32 Å². The molecule has 0 radical (unpaired) electrons. The summed E-state index contributed by atoms with van der Waals surface area (Å²) in [6.45, 7) is 5.26. The highest BCUT2D eigenvalue weighted by molar-refractivity contribution is 5.58. The third kappa shape index (κ3) is 3.39. The molecule has 0 aliphatic carbocycles. The van der Waals surface area contributed by atoms with E-state index in [-0.39, 0.29) is 5.82 Å². The van der Waals surface area contributed by atoms with Crippen molar-refractivity contribution in [3.05, 3.63) is 65.7 Å². The Morgan fingerprint density at radius 1 is 1.17 bits per heavy atom. The van der Waals surface area contributed by atoms with Gasteiger partial charge in [0.25, 0.3) is 0 Å². The van der Waals surface area contributed by atoms with Gasteiger partial charge in [0.1, 0.15) is 5.82 Å². The van der Waals surface area contributed by atoms with E-state index in [0.29, 0.717) is 12.1 Å². The summed E-state index contributed by atoms with van der Waals surface area (Å²) in [6.07, 6.45) is 1.76. The fourth-order valence-electron chi connectivity index (χ4n) is 2.48. The normalized spacial score (nSPS) is 10.7. The minimum atomic E-state index is -0.202. The molecule has 4 nitrogen and oxygen atoms in total. The van der Waals surface area contributed by atoms with Gasteiger partial charge in [-0.2, -0.15) is 5.10 Å². The van der Waals surface area contributed by atoms with Gasteiger partial charge in [0.15, 0.2) is 0 Å². The van der Waals surface area contributed by atoms with E-state index >= 15 is 0 Å². The van der Waals surface area contributed by atoms with Crippen molar-refractivity contribution in [1.82, 2.24) is 14.8 Å². The summed E-state index contributed by atoms with van der Waals surface area (Å²) in [5.74, 6) is -0.202. The van der Waals surface area contributed by atoms with E-state index in [0.717, 1.165) is 29.3 Å². The molecule has 1 N–H and O–H groups in total. The molecule has 2 aromatic heterocycles. The minimum absolute atomic E-state index is 0.202. The van der Waals surface area contributed by atoms with Gasteiger partial charge in [-0.15, -0.1) is 0 Å². The van der Waals surface area contributed by atoms with Gasteiger partial charge < -0.3 is 5.32 Å². The SMILES string of the molecule is CCn1nc(C)cc1-c1ccc(NCc2ccccc2F)cn1. The Bertz CT molecular complexity index is 793. The van der Waals surface area contributed by atoms with Crippen molar-refractivity contribution in [3.8, 4) is 11.4 Å². The number of rotatable bonds is 5. The van der Waals surface area contributed by atoms with Crippen LogP contribution in [0.15, 0.2) is 48.7 Å². The smallest absolute Gasteiger partial charge is 0.128 e. The summed E-state index contributed by atoms with van der Waals surface area (Å²) in [4.78, 5) is 4.49. The molecule has 5 heteroatoms. The molecule has 0 amide bonds. The average Bonchev–Trinajstić information content (AvgIpc) is 2.95. The second-order valence-corrected chi connectivity index (χ2v) is 5.36. The Labute approximate surface area is 135 Å². The molecule has 0 unspecified atom stereocenters. The van der Waals surface area contributed by atoms with Crippen molar-refractivity contribution in [2.24, 2.45) is 0 Å². The number of hydrogen-bond donors (Lipinski definition) is 1. The topological polar surface area (TPSA) is 42.7 Å². The van der Waals surface area contributed by atoms with Gasteiger partial charge in [0.05, 0.1) is 29.0 Å². The number of pyridine rings is 1. The highest BCUT2D eigenvalue weighted by atomic mass is 19.1. The van der Waals surface area contributed by atoms with Gasteiger partial charge >= 0.3 is 0 Å². The number of benzene rings is 1. The fourth-order valence-corrected chi connectivity index (χ4v) is 2.48. The molecule has 1 aromatic carbocycles. The summed E-state index contributed by atoms with van der Waals surface area (Å²) in [6, 6.07) is 12.7. The molecule has 23 heavy (non-hydrogen) atoms. The molecule has 0 spiro atoms. The molecule has 0 atom stereocenters. The molecule has 0 saturated carbocycles. The van der Waals surface area contributed by atoms with Gasteiger partial charge in [0.2, 0.25) is 0 Å². The molecule has 3 aromatic rings. The molecule has 0 aliphatic heterocycles. The standard InChI is InChI=1S/C18H19FN4/c1-3-23-18(10-13(2)22-23)17-9-8-15(12-21-17)20-11-14-6-4-5-7-16(14)19/h4-10,12,20H,3,11H2,1-2H3. The second kappa shape index (κ2) is 6.60. The van der Waals surface area contributed by atoms with Crippen LogP contribution in [0.3, 0.4) is 0 Å². The van der Waals surface area contributed by atoms with E-state index in [9.17, 15) is 4.39 Å². The Hall–Kier alpha value is -2.69. The third-order valence-electron chi connectivity index (χ3n) is 3.67. The zero-order chi connectivity index (χ0) is 16.2. The summed E-state index contributed by atoms with van der Waals surface area (Å²) in [5, 5.41) is 7.62. The largest absolute Gasteiger partial charge is 0.380 e. The Balaban J connectivity index is 1.73. The molecule has 2 heterocycles. The predicted octanol–water partition coefficient (Wildman–Crippen LogP) is 4.02. The second-order valence-electron chi connectivity index (χ2n) is 5.36. The first kappa shape index (κ1) is 15.2. The van der Waals surface area contributed by atoms with E-state index < -0.39 is 0 Å². The Morgan fingerprint density at radius 2 is 2.00 bits per heavy atom. The van der Waals surface area contributed by atoms with Gasteiger partial charge in [-0.05, 0) is 38.1 Å². The van der Waals surface area contributed by atoms with Crippen LogP contribution in [0.4, 0.5) is 10.1 Å². The monoisotopic (exact) mass is 310 g/mol. The number of nitrogens with zero attached hydrogens (tertiary/aromatic N) is 3. The summed E-state index contributed by atoms with van der Waals surface area (Å²) in [5.41, 5.74) is 4.35. The lowest BCUT2D eigenvalue weighted by Gasteiger charge is -2.08. The molecule has 0 saturated heterocycles. The number of hydrogen-bond acceptors (Lipinski definition) is 3. The molecule has 0 fully saturated rings. The zero-order valence-electron chi connectivity index (χ0n) is 13.3. The highest BCUT2D eigenvalue weighted by Gasteiger charge is 2.08. The van der Waals surface area contributed by atoms with Crippen molar-refractivity contribution >= 4 is 5.69 Å². The molecule has 0 aliphatic rings. The van der Waals surface area contributed by atoms with Crippen molar-refractivity contribution in [1.29, 1.82) is 0 Å². The van der Waals surface area contributed by atoms with Crippen LogP contribution in [0.1, 0.15) is 18.2 Å². The van der Waals surface area contributed by atoms with E-state index in [1.54, 1.807) is 18.3 Å².